The summed E-state index contributed by atoms with van der Waals surface area (Å²) < 4.78 is 5.08. The Labute approximate surface area is 93.1 Å². The molecule has 2 unspecified atom stereocenters. The van der Waals surface area contributed by atoms with Crippen LogP contribution >= 0.6 is 11.8 Å². The van der Waals surface area contributed by atoms with Gasteiger partial charge in [-0.05, 0) is 18.6 Å². The first kappa shape index (κ1) is 10.7. The SMILES string of the molecule is COc1nccnc1C(O)C1CCCS1. The number of methoxy groups -OCH3 is 1. The average Bonchev–Trinajstić information content (AvgIpc) is 2.81. The van der Waals surface area contributed by atoms with Gasteiger partial charge in [-0.1, -0.05) is 0 Å². The number of aromatic nitrogens is 2. The smallest absolute Gasteiger partial charge is 0.238 e. The van der Waals surface area contributed by atoms with E-state index in [-0.39, 0.29) is 5.25 Å². The number of hydrogen-bond acceptors (Lipinski definition) is 5. The van der Waals surface area contributed by atoms with Gasteiger partial charge >= 0.3 is 0 Å². The van der Waals surface area contributed by atoms with Crippen LogP contribution in [0.3, 0.4) is 0 Å². The first-order valence-electron chi connectivity index (χ1n) is 4.97. The molecule has 2 heterocycles. The summed E-state index contributed by atoms with van der Waals surface area (Å²) in [6, 6.07) is 0. The molecule has 0 spiro atoms. The van der Waals surface area contributed by atoms with Crippen LogP contribution in [-0.2, 0) is 0 Å². The van der Waals surface area contributed by atoms with E-state index < -0.39 is 6.10 Å². The molecule has 2 rings (SSSR count). The van der Waals surface area contributed by atoms with Crippen molar-refractivity contribution in [3.63, 3.8) is 0 Å². The molecule has 15 heavy (non-hydrogen) atoms. The fraction of sp³-hybridized carbons (Fsp3) is 0.600. The zero-order valence-electron chi connectivity index (χ0n) is 8.59. The minimum Gasteiger partial charge on any atom is -0.480 e. The van der Waals surface area contributed by atoms with Gasteiger partial charge in [-0.15, -0.1) is 0 Å². The van der Waals surface area contributed by atoms with Crippen molar-refractivity contribution in [2.24, 2.45) is 0 Å². The lowest BCUT2D eigenvalue weighted by molar-refractivity contribution is 0.162. The molecule has 0 saturated carbocycles. The van der Waals surface area contributed by atoms with E-state index >= 15 is 0 Å². The van der Waals surface area contributed by atoms with Crippen LogP contribution in [0.2, 0.25) is 0 Å². The van der Waals surface area contributed by atoms with Crippen molar-refractivity contribution >= 4 is 11.8 Å². The standard InChI is InChI=1S/C10H14N2O2S/c1-14-10-8(11-4-5-12-10)9(13)7-3-2-6-15-7/h4-5,7,9,13H,2-3,6H2,1H3. The molecule has 1 aromatic heterocycles. The minimum absolute atomic E-state index is 0.232. The molecule has 0 aromatic carbocycles. The van der Waals surface area contributed by atoms with E-state index in [1.807, 2.05) is 0 Å². The molecule has 1 N–H and O–H groups in total. The highest BCUT2D eigenvalue weighted by molar-refractivity contribution is 8.00. The molecular weight excluding hydrogens is 212 g/mol. The molecule has 4 nitrogen and oxygen atoms in total. The van der Waals surface area contributed by atoms with Gasteiger partial charge in [-0.2, -0.15) is 11.8 Å². The summed E-state index contributed by atoms with van der Waals surface area (Å²) in [7, 11) is 1.54. The summed E-state index contributed by atoms with van der Waals surface area (Å²) in [6.45, 7) is 0. The highest BCUT2D eigenvalue weighted by atomic mass is 32.2. The Morgan fingerprint density at radius 3 is 3.00 bits per heavy atom. The third-order valence-corrected chi connectivity index (χ3v) is 3.93. The lowest BCUT2D eigenvalue weighted by Gasteiger charge is -2.17. The number of hydrogen-bond donors (Lipinski definition) is 1. The Morgan fingerprint density at radius 1 is 1.53 bits per heavy atom. The Morgan fingerprint density at radius 2 is 2.33 bits per heavy atom. The van der Waals surface area contributed by atoms with Gasteiger partial charge in [0.1, 0.15) is 11.8 Å². The Bertz CT molecular complexity index is 329. The van der Waals surface area contributed by atoms with Gasteiger partial charge < -0.3 is 9.84 Å². The zero-order chi connectivity index (χ0) is 10.7. The van der Waals surface area contributed by atoms with Gasteiger partial charge in [-0.25, -0.2) is 4.98 Å². The van der Waals surface area contributed by atoms with Crippen LogP contribution < -0.4 is 4.74 Å². The van der Waals surface area contributed by atoms with E-state index in [4.69, 9.17) is 4.74 Å². The summed E-state index contributed by atoms with van der Waals surface area (Å²) in [5, 5.41) is 10.4. The van der Waals surface area contributed by atoms with Crippen LogP contribution in [0.15, 0.2) is 12.4 Å². The van der Waals surface area contributed by atoms with Crippen molar-refractivity contribution < 1.29 is 9.84 Å². The number of rotatable bonds is 3. The third-order valence-electron chi connectivity index (χ3n) is 2.48. The number of thioether (sulfide) groups is 1. The molecule has 0 bridgehead atoms. The zero-order valence-corrected chi connectivity index (χ0v) is 9.41. The number of aliphatic hydroxyl groups is 1. The van der Waals surface area contributed by atoms with E-state index in [2.05, 4.69) is 9.97 Å². The first-order valence-corrected chi connectivity index (χ1v) is 6.02. The Kier molecular flexibility index (Phi) is 3.43. The second kappa shape index (κ2) is 4.81. The minimum atomic E-state index is -0.568. The van der Waals surface area contributed by atoms with E-state index in [9.17, 15) is 5.11 Å². The fourth-order valence-corrected chi connectivity index (χ4v) is 3.00. The molecule has 0 aliphatic carbocycles. The maximum atomic E-state index is 10.1. The molecule has 1 aliphatic rings. The average molecular weight is 226 g/mol. The van der Waals surface area contributed by atoms with Gasteiger partial charge in [0, 0.05) is 17.6 Å². The maximum Gasteiger partial charge on any atom is 0.238 e. The molecular formula is C10H14N2O2S. The molecule has 1 aliphatic heterocycles. The number of ether oxygens (including phenoxy) is 1. The lowest BCUT2D eigenvalue weighted by Crippen LogP contribution is -2.15. The molecule has 5 heteroatoms. The maximum absolute atomic E-state index is 10.1. The lowest BCUT2D eigenvalue weighted by atomic mass is 10.1. The van der Waals surface area contributed by atoms with Crippen LogP contribution in [-0.4, -0.2) is 33.2 Å². The van der Waals surface area contributed by atoms with Gasteiger partial charge in [0.15, 0.2) is 0 Å². The third kappa shape index (κ3) is 2.23. The van der Waals surface area contributed by atoms with E-state index in [0.717, 1.165) is 18.6 Å². The molecule has 1 aromatic rings. The summed E-state index contributed by atoms with van der Waals surface area (Å²) >= 11 is 1.79. The normalized spacial score (nSPS) is 22.7. The van der Waals surface area contributed by atoms with E-state index in [1.165, 1.54) is 0 Å². The Hall–Kier alpha value is -0.810. The van der Waals surface area contributed by atoms with Crippen molar-refractivity contribution in [3.8, 4) is 5.88 Å². The quantitative estimate of drug-likeness (QED) is 0.844. The van der Waals surface area contributed by atoms with Crippen molar-refractivity contribution in [2.75, 3.05) is 12.9 Å². The predicted molar refractivity (Wildman–Crippen MR) is 59.0 cm³/mol. The number of aliphatic hydroxyl groups excluding tert-OH is 1. The van der Waals surface area contributed by atoms with E-state index in [1.54, 1.807) is 31.3 Å². The van der Waals surface area contributed by atoms with Gasteiger partial charge in [-0.3, -0.25) is 4.98 Å². The molecule has 2 atom stereocenters. The summed E-state index contributed by atoms with van der Waals surface area (Å²) in [4.78, 5) is 8.18. The van der Waals surface area contributed by atoms with Crippen LogP contribution in [0, 0.1) is 0 Å². The highest BCUT2D eigenvalue weighted by Gasteiger charge is 2.28. The monoisotopic (exact) mass is 226 g/mol. The highest BCUT2D eigenvalue weighted by Crippen LogP contribution is 2.37. The Balaban J connectivity index is 2.19. The van der Waals surface area contributed by atoms with Crippen LogP contribution in [0.1, 0.15) is 24.6 Å². The van der Waals surface area contributed by atoms with E-state index in [0.29, 0.717) is 11.6 Å². The fourth-order valence-electron chi connectivity index (χ4n) is 1.72. The molecule has 1 fully saturated rings. The number of nitrogens with zero attached hydrogens (tertiary/aromatic N) is 2. The largest absolute Gasteiger partial charge is 0.480 e. The topological polar surface area (TPSA) is 55.2 Å². The first-order chi connectivity index (χ1) is 7.33. The second-order valence-electron chi connectivity index (χ2n) is 3.45. The van der Waals surface area contributed by atoms with Crippen LogP contribution in [0.5, 0.6) is 5.88 Å². The molecule has 0 amide bonds. The summed E-state index contributed by atoms with van der Waals surface area (Å²) in [5.41, 5.74) is 0.555. The van der Waals surface area contributed by atoms with Gasteiger partial charge in [0.05, 0.1) is 7.11 Å². The predicted octanol–water partition coefficient (Wildman–Crippen LogP) is 1.41. The molecule has 0 radical (unpaired) electrons. The van der Waals surface area contributed by atoms with Crippen LogP contribution in [0.4, 0.5) is 0 Å². The summed E-state index contributed by atoms with van der Waals surface area (Å²) in [6.07, 6.45) is 4.78. The summed E-state index contributed by atoms with van der Waals surface area (Å²) in [5.74, 6) is 1.54. The van der Waals surface area contributed by atoms with Crippen molar-refractivity contribution in [1.82, 2.24) is 9.97 Å². The molecule has 1 saturated heterocycles. The van der Waals surface area contributed by atoms with Crippen molar-refractivity contribution in [3.05, 3.63) is 18.1 Å². The van der Waals surface area contributed by atoms with Crippen molar-refractivity contribution in [2.45, 2.75) is 24.2 Å². The van der Waals surface area contributed by atoms with Gasteiger partial charge in [0.2, 0.25) is 5.88 Å². The van der Waals surface area contributed by atoms with Crippen LogP contribution in [0.25, 0.3) is 0 Å². The van der Waals surface area contributed by atoms with Crippen molar-refractivity contribution in [1.29, 1.82) is 0 Å². The van der Waals surface area contributed by atoms with Gasteiger partial charge in [0.25, 0.3) is 0 Å². The molecule has 82 valence electrons. The second-order valence-corrected chi connectivity index (χ2v) is 4.79.